The highest BCUT2D eigenvalue weighted by molar-refractivity contribution is 5.98. The van der Waals surface area contributed by atoms with Gasteiger partial charge in [-0.15, -0.1) is 0 Å². The lowest BCUT2D eigenvalue weighted by Crippen LogP contribution is -2.61. The maximum atomic E-state index is 14.5. The molecule has 376 valence electrons. The monoisotopic (exact) mass is 954 g/mol. The maximum Gasteiger partial charge on any atom is 0.326 e. The van der Waals surface area contributed by atoms with Crippen LogP contribution in [-0.4, -0.2) is 147 Å². The van der Waals surface area contributed by atoms with Crippen molar-refractivity contribution in [3.8, 4) is 5.75 Å². The van der Waals surface area contributed by atoms with Crippen molar-refractivity contribution in [2.24, 2.45) is 28.3 Å². The topological polar surface area (TPSA) is 358 Å². The molecule has 1 aromatic carbocycles. The Morgan fingerprint density at radius 2 is 1.47 bits per heavy atom. The van der Waals surface area contributed by atoms with Gasteiger partial charge in [0.2, 0.25) is 41.4 Å². The number of aromatic hydroxyl groups is 1. The molecule has 1 aromatic heterocycles. The Kier molecular flexibility index (Phi) is 22.7. The molecule has 14 N–H and O–H groups in total. The Hall–Kier alpha value is -6.78. The number of carboxylic acids is 1. The molecule has 0 aliphatic carbocycles. The molecule has 2 aromatic rings. The normalized spacial score (nSPS) is 16.5. The zero-order valence-electron chi connectivity index (χ0n) is 39.8. The number of carbonyl (C=O) groups is 8. The van der Waals surface area contributed by atoms with Gasteiger partial charge in [0.05, 0.1) is 12.9 Å². The fourth-order valence-electron chi connectivity index (χ4n) is 7.65. The van der Waals surface area contributed by atoms with Crippen LogP contribution in [0.1, 0.15) is 90.8 Å². The lowest BCUT2D eigenvalue weighted by Gasteiger charge is -2.32. The van der Waals surface area contributed by atoms with E-state index in [0.717, 1.165) is 0 Å². The Bertz CT molecular complexity index is 2030. The van der Waals surface area contributed by atoms with E-state index in [0.29, 0.717) is 30.5 Å². The number of likely N-dealkylation sites (N-methyl/N-ethyl adjacent to an activating group) is 1. The number of imidazole rings is 1. The summed E-state index contributed by atoms with van der Waals surface area (Å²) in [5.41, 5.74) is 11.9. The van der Waals surface area contributed by atoms with Gasteiger partial charge in [0, 0.05) is 37.8 Å². The number of H-pyrrole nitrogens is 1. The molecule has 23 nitrogen and oxygen atoms in total. The first kappa shape index (κ1) is 55.5. The standard InChI is InChI=1S/C45H71N13O10/c1-7-26(5)37(42(65)56-34(21-28-22-49-24-51-28)43(66)58-18-10-12-35(58)41(64)53-30(8-2)44(67)68)57-40(63)33(20-27-13-15-29(59)16-14-27)55-39(62)32(19-25(3)4)54-38(61)31(52-36(60)23-48-6)11-9-17-50-45(46)47/h13-16,22,24-26,30-35,37,48,59H,7-12,17-21,23H2,1-6H3,(H,49,51)(H,52,60)(H,53,64)(H,54,61)(H,55,62)(H,56,65)(H,57,63)(H,67,68)(H4,46,47,50). The number of phenols is 1. The molecule has 68 heavy (non-hydrogen) atoms. The average molecular weight is 954 g/mol. The zero-order valence-corrected chi connectivity index (χ0v) is 39.8. The van der Waals surface area contributed by atoms with Crippen LogP contribution >= 0.6 is 0 Å². The van der Waals surface area contributed by atoms with Crippen LogP contribution in [0.4, 0.5) is 0 Å². The van der Waals surface area contributed by atoms with Crippen LogP contribution in [0.2, 0.25) is 0 Å². The van der Waals surface area contributed by atoms with Crippen molar-refractivity contribution in [3.05, 3.63) is 48.0 Å². The molecule has 7 amide bonds. The summed E-state index contributed by atoms with van der Waals surface area (Å²) in [6, 6.07) is -2.29. The van der Waals surface area contributed by atoms with E-state index in [1.807, 2.05) is 20.8 Å². The van der Waals surface area contributed by atoms with Gasteiger partial charge in [-0.2, -0.15) is 0 Å². The highest BCUT2D eigenvalue weighted by atomic mass is 16.4. The number of aromatic amines is 1. The zero-order chi connectivity index (χ0) is 50.5. The summed E-state index contributed by atoms with van der Waals surface area (Å²) >= 11 is 0. The van der Waals surface area contributed by atoms with Crippen LogP contribution in [0.25, 0.3) is 0 Å². The lowest BCUT2D eigenvalue weighted by atomic mass is 9.96. The van der Waals surface area contributed by atoms with Crippen molar-refractivity contribution >= 4 is 53.3 Å². The van der Waals surface area contributed by atoms with Crippen LogP contribution in [0, 0.1) is 11.8 Å². The van der Waals surface area contributed by atoms with E-state index in [1.54, 1.807) is 33.0 Å². The summed E-state index contributed by atoms with van der Waals surface area (Å²) in [7, 11) is 1.57. The van der Waals surface area contributed by atoms with Crippen LogP contribution in [0.15, 0.2) is 41.8 Å². The van der Waals surface area contributed by atoms with Gasteiger partial charge in [-0.3, -0.25) is 38.6 Å². The molecule has 2 heterocycles. The molecule has 1 saturated heterocycles. The molecule has 8 unspecified atom stereocenters. The summed E-state index contributed by atoms with van der Waals surface area (Å²) in [4.78, 5) is 121. The Balaban J connectivity index is 1.93. The molecule has 1 aliphatic rings. The number of likely N-dealkylation sites (tertiary alicyclic amines) is 1. The Morgan fingerprint density at radius 3 is 2.06 bits per heavy atom. The second-order valence-electron chi connectivity index (χ2n) is 17.4. The van der Waals surface area contributed by atoms with Gasteiger partial charge in [0.1, 0.15) is 48.0 Å². The van der Waals surface area contributed by atoms with E-state index >= 15 is 0 Å². The van der Waals surface area contributed by atoms with Crippen molar-refractivity contribution in [2.45, 2.75) is 135 Å². The Morgan fingerprint density at radius 1 is 0.824 bits per heavy atom. The number of amides is 7. The minimum absolute atomic E-state index is 0.0350. The van der Waals surface area contributed by atoms with E-state index in [9.17, 15) is 48.6 Å². The molecule has 3 rings (SSSR count). The van der Waals surface area contributed by atoms with Gasteiger partial charge in [0.15, 0.2) is 5.96 Å². The SMILES string of the molecule is CCC(NC(=O)C1CCCN1C(=O)C(Cc1cnc[nH]1)NC(=O)C(NC(=O)C(Cc1ccc(O)cc1)NC(=O)C(CC(C)C)NC(=O)C(CCCN=C(N)N)NC(=O)CNC)C(C)CC)C(=O)O. The van der Waals surface area contributed by atoms with Crippen molar-refractivity contribution in [1.82, 2.24) is 52.1 Å². The van der Waals surface area contributed by atoms with Crippen LogP contribution < -0.4 is 48.7 Å². The minimum atomic E-state index is -1.34. The highest BCUT2D eigenvalue weighted by Gasteiger charge is 2.40. The van der Waals surface area contributed by atoms with Gasteiger partial charge in [0.25, 0.3) is 0 Å². The molecule has 0 bridgehead atoms. The largest absolute Gasteiger partial charge is 0.508 e. The number of benzene rings is 1. The van der Waals surface area contributed by atoms with E-state index < -0.39 is 95.5 Å². The fraction of sp³-hybridized carbons (Fsp3) is 0.600. The van der Waals surface area contributed by atoms with Crippen LogP contribution in [0.5, 0.6) is 5.75 Å². The van der Waals surface area contributed by atoms with Gasteiger partial charge in [-0.05, 0) is 75.1 Å². The van der Waals surface area contributed by atoms with Crippen molar-refractivity contribution < 1.29 is 48.6 Å². The number of rotatable bonds is 28. The molecular weight excluding hydrogens is 883 g/mol. The van der Waals surface area contributed by atoms with Crippen LogP contribution in [-0.2, 0) is 51.2 Å². The van der Waals surface area contributed by atoms with E-state index in [4.69, 9.17) is 11.5 Å². The van der Waals surface area contributed by atoms with Crippen molar-refractivity contribution in [2.75, 3.05) is 26.7 Å². The van der Waals surface area contributed by atoms with Gasteiger partial charge in [-0.1, -0.05) is 53.2 Å². The predicted octanol–water partition coefficient (Wildman–Crippen LogP) is -1.34. The number of guanidine groups is 1. The summed E-state index contributed by atoms with van der Waals surface area (Å²) in [6.07, 6.45) is 4.54. The molecule has 0 radical (unpaired) electrons. The average Bonchev–Trinajstić information content (AvgIpc) is 4.01. The Labute approximate surface area is 396 Å². The molecular formula is C45H71N13O10. The second kappa shape index (κ2) is 27.8. The number of nitrogens with one attached hydrogen (secondary N) is 8. The lowest BCUT2D eigenvalue weighted by molar-refractivity contribution is -0.145. The van der Waals surface area contributed by atoms with Gasteiger partial charge in [-0.25, -0.2) is 9.78 Å². The third-order valence-corrected chi connectivity index (χ3v) is 11.5. The number of carboxylic acid groups (broad SMARTS) is 1. The number of carbonyl (C=O) groups excluding carboxylic acids is 7. The van der Waals surface area contributed by atoms with Gasteiger partial charge >= 0.3 is 5.97 Å². The van der Waals surface area contributed by atoms with Crippen LogP contribution in [0.3, 0.4) is 0 Å². The number of nitrogens with two attached hydrogens (primary N) is 2. The number of aliphatic imine (C=N–C) groups is 1. The first-order chi connectivity index (χ1) is 32.3. The van der Waals surface area contributed by atoms with Crippen molar-refractivity contribution in [1.29, 1.82) is 0 Å². The number of nitrogens with zero attached hydrogens (tertiary/aromatic N) is 3. The summed E-state index contributed by atoms with van der Waals surface area (Å²) in [6.45, 7) is 9.11. The summed E-state index contributed by atoms with van der Waals surface area (Å²) < 4.78 is 0. The van der Waals surface area contributed by atoms with Crippen molar-refractivity contribution in [3.63, 3.8) is 0 Å². The van der Waals surface area contributed by atoms with E-state index in [2.05, 4.69) is 52.2 Å². The molecule has 1 aliphatic heterocycles. The van der Waals surface area contributed by atoms with E-state index in [-0.39, 0.29) is 75.8 Å². The third-order valence-electron chi connectivity index (χ3n) is 11.5. The molecule has 1 fully saturated rings. The van der Waals surface area contributed by atoms with Gasteiger partial charge < -0.3 is 68.8 Å². The summed E-state index contributed by atoms with van der Waals surface area (Å²) in [5.74, 6) is -6.60. The first-order valence-corrected chi connectivity index (χ1v) is 23.1. The number of phenolic OH excluding ortho intramolecular Hbond substituents is 1. The molecule has 8 atom stereocenters. The molecule has 0 spiro atoms. The highest BCUT2D eigenvalue weighted by Crippen LogP contribution is 2.21. The first-order valence-electron chi connectivity index (χ1n) is 23.1. The minimum Gasteiger partial charge on any atom is -0.508 e. The third kappa shape index (κ3) is 17.8. The quantitative estimate of drug-likeness (QED) is 0.0267. The fourth-order valence-corrected chi connectivity index (χ4v) is 7.65. The second-order valence-corrected chi connectivity index (χ2v) is 17.4. The number of aromatic nitrogens is 2. The molecule has 0 saturated carbocycles. The van der Waals surface area contributed by atoms with E-state index in [1.165, 1.54) is 29.6 Å². The smallest absolute Gasteiger partial charge is 0.326 e. The number of hydrogen-bond donors (Lipinski definition) is 12. The predicted molar refractivity (Wildman–Crippen MR) is 251 cm³/mol. The number of hydrogen-bond acceptors (Lipinski definition) is 12. The maximum absolute atomic E-state index is 14.5. The summed E-state index contributed by atoms with van der Waals surface area (Å²) in [5, 5.41) is 38.6. The molecule has 23 heteroatoms. The number of aliphatic carboxylic acids is 1.